The summed E-state index contributed by atoms with van der Waals surface area (Å²) >= 11 is 1.74. The Kier molecular flexibility index (Phi) is 4.73. The molecule has 3 heteroatoms. The van der Waals surface area contributed by atoms with Crippen molar-refractivity contribution in [1.29, 1.82) is 0 Å². The fraction of sp³-hybridized carbons (Fsp3) is 0.786. The van der Waals surface area contributed by atoms with Gasteiger partial charge in [0.2, 0.25) is 0 Å². The van der Waals surface area contributed by atoms with Crippen LogP contribution in [-0.2, 0) is 15.8 Å². The highest BCUT2D eigenvalue weighted by Gasteiger charge is 2.33. The van der Waals surface area contributed by atoms with E-state index in [0.717, 1.165) is 24.5 Å². The lowest BCUT2D eigenvalue weighted by molar-refractivity contribution is -0.0507. The number of hydrogen-bond donors (Lipinski definition) is 0. The van der Waals surface area contributed by atoms with Crippen LogP contribution in [0, 0.1) is 0 Å². The van der Waals surface area contributed by atoms with Crippen LogP contribution in [0.5, 0.6) is 0 Å². The lowest BCUT2D eigenvalue weighted by atomic mass is 9.93. The first-order valence-corrected chi connectivity index (χ1v) is 7.38. The number of nitrogens with zero attached hydrogens (tertiary/aromatic N) is 1. The smallest absolute Gasteiger partial charge is 0.125 e. The predicted molar refractivity (Wildman–Crippen MR) is 74.7 cm³/mol. The molecule has 0 spiro atoms. The standard InChI is InChI=1S/C14H25NOS/c1-7-14(8-2,16-9-3)12-15-11(10-17-12)13(4,5)6/h10H,7-9H2,1-6H3. The molecular formula is C14H25NOS. The maximum absolute atomic E-state index is 5.99. The quantitative estimate of drug-likeness (QED) is 0.773. The third kappa shape index (κ3) is 3.08. The first kappa shape index (κ1) is 14.7. The van der Waals surface area contributed by atoms with Gasteiger partial charge in [-0.1, -0.05) is 34.6 Å². The summed E-state index contributed by atoms with van der Waals surface area (Å²) in [6.45, 7) is 13.8. The fourth-order valence-electron chi connectivity index (χ4n) is 1.92. The molecular weight excluding hydrogens is 230 g/mol. The van der Waals surface area contributed by atoms with Gasteiger partial charge in [0.05, 0.1) is 5.69 Å². The van der Waals surface area contributed by atoms with Crippen LogP contribution in [0.4, 0.5) is 0 Å². The first-order chi connectivity index (χ1) is 7.89. The molecule has 0 fully saturated rings. The van der Waals surface area contributed by atoms with E-state index >= 15 is 0 Å². The third-order valence-corrected chi connectivity index (χ3v) is 4.25. The van der Waals surface area contributed by atoms with Crippen molar-refractivity contribution >= 4 is 11.3 Å². The van der Waals surface area contributed by atoms with Gasteiger partial charge in [0.25, 0.3) is 0 Å². The monoisotopic (exact) mass is 255 g/mol. The molecule has 0 unspecified atom stereocenters. The van der Waals surface area contributed by atoms with E-state index in [1.54, 1.807) is 11.3 Å². The van der Waals surface area contributed by atoms with E-state index in [1.165, 1.54) is 5.69 Å². The molecule has 98 valence electrons. The minimum Gasteiger partial charge on any atom is -0.368 e. The topological polar surface area (TPSA) is 22.1 Å². The average Bonchev–Trinajstić information content (AvgIpc) is 2.75. The zero-order chi connectivity index (χ0) is 13.1. The van der Waals surface area contributed by atoms with E-state index < -0.39 is 0 Å². The second-order valence-corrected chi connectivity index (χ2v) is 6.28. The number of ether oxygens (including phenoxy) is 1. The summed E-state index contributed by atoms with van der Waals surface area (Å²) in [5.74, 6) is 0. The average molecular weight is 255 g/mol. The molecule has 0 bridgehead atoms. The molecule has 0 N–H and O–H groups in total. The SMILES string of the molecule is CCOC(CC)(CC)c1nc(C(C)(C)C)cs1. The summed E-state index contributed by atoms with van der Waals surface area (Å²) in [7, 11) is 0. The molecule has 0 atom stereocenters. The van der Waals surface area contributed by atoms with Crippen molar-refractivity contribution in [2.24, 2.45) is 0 Å². The molecule has 17 heavy (non-hydrogen) atoms. The van der Waals surface area contributed by atoms with Crippen LogP contribution in [0.15, 0.2) is 5.38 Å². The molecule has 0 aliphatic heterocycles. The summed E-state index contributed by atoms with van der Waals surface area (Å²) in [5, 5.41) is 3.31. The van der Waals surface area contributed by atoms with E-state index in [-0.39, 0.29) is 11.0 Å². The molecule has 1 aromatic rings. The van der Waals surface area contributed by atoms with E-state index in [1.807, 2.05) is 0 Å². The fourth-order valence-corrected chi connectivity index (χ4v) is 3.27. The predicted octanol–water partition coefficient (Wildman–Crippen LogP) is 4.49. The van der Waals surface area contributed by atoms with Gasteiger partial charge < -0.3 is 4.74 Å². The molecule has 0 aromatic carbocycles. The highest BCUT2D eigenvalue weighted by atomic mass is 32.1. The second-order valence-electron chi connectivity index (χ2n) is 5.42. The van der Waals surface area contributed by atoms with Gasteiger partial charge >= 0.3 is 0 Å². The van der Waals surface area contributed by atoms with Crippen LogP contribution in [0.1, 0.15) is 65.1 Å². The molecule has 0 saturated heterocycles. The Morgan fingerprint density at radius 2 is 1.76 bits per heavy atom. The molecule has 1 aromatic heterocycles. The number of rotatable bonds is 5. The Morgan fingerprint density at radius 1 is 1.18 bits per heavy atom. The van der Waals surface area contributed by atoms with E-state index in [4.69, 9.17) is 9.72 Å². The second kappa shape index (κ2) is 5.49. The van der Waals surface area contributed by atoms with E-state index in [9.17, 15) is 0 Å². The van der Waals surface area contributed by atoms with Crippen LogP contribution in [0.3, 0.4) is 0 Å². The largest absolute Gasteiger partial charge is 0.368 e. The molecule has 1 rings (SSSR count). The Morgan fingerprint density at radius 3 is 2.12 bits per heavy atom. The number of aromatic nitrogens is 1. The van der Waals surface area contributed by atoms with Crippen LogP contribution in [0.25, 0.3) is 0 Å². The van der Waals surface area contributed by atoms with Crippen molar-refractivity contribution in [1.82, 2.24) is 4.98 Å². The normalized spacial score (nSPS) is 13.1. The van der Waals surface area contributed by atoms with Gasteiger partial charge in [-0.2, -0.15) is 0 Å². The summed E-state index contributed by atoms with van der Waals surface area (Å²) in [5.41, 5.74) is 1.11. The molecule has 1 heterocycles. The van der Waals surface area contributed by atoms with Gasteiger partial charge in [0.1, 0.15) is 10.6 Å². The lowest BCUT2D eigenvalue weighted by Crippen LogP contribution is -2.28. The van der Waals surface area contributed by atoms with Crippen molar-refractivity contribution in [2.45, 2.75) is 65.4 Å². The summed E-state index contributed by atoms with van der Waals surface area (Å²) < 4.78 is 5.99. The zero-order valence-electron chi connectivity index (χ0n) is 12.0. The van der Waals surface area contributed by atoms with Crippen molar-refractivity contribution in [3.05, 3.63) is 16.1 Å². The Bertz CT molecular complexity index is 347. The molecule has 0 amide bonds. The van der Waals surface area contributed by atoms with Gasteiger partial charge in [0, 0.05) is 17.4 Å². The van der Waals surface area contributed by atoms with Crippen molar-refractivity contribution in [3.8, 4) is 0 Å². The highest BCUT2D eigenvalue weighted by molar-refractivity contribution is 7.09. The zero-order valence-corrected chi connectivity index (χ0v) is 12.8. The molecule has 0 saturated carbocycles. The van der Waals surface area contributed by atoms with Gasteiger partial charge in [-0.05, 0) is 19.8 Å². The summed E-state index contributed by atoms with van der Waals surface area (Å²) in [6.07, 6.45) is 1.96. The highest BCUT2D eigenvalue weighted by Crippen LogP contribution is 2.37. The lowest BCUT2D eigenvalue weighted by Gasteiger charge is -2.29. The van der Waals surface area contributed by atoms with Crippen LogP contribution in [-0.4, -0.2) is 11.6 Å². The van der Waals surface area contributed by atoms with Crippen LogP contribution in [0.2, 0.25) is 0 Å². The maximum Gasteiger partial charge on any atom is 0.125 e. The molecule has 0 aliphatic carbocycles. The summed E-state index contributed by atoms with van der Waals surface area (Å²) in [6, 6.07) is 0. The Balaban J connectivity index is 3.08. The van der Waals surface area contributed by atoms with Crippen molar-refractivity contribution in [3.63, 3.8) is 0 Å². The first-order valence-electron chi connectivity index (χ1n) is 6.50. The van der Waals surface area contributed by atoms with Crippen LogP contribution >= 0.6 is 11.3 Å². The third-order valence-electron chi connectivity index (χ3n) is 3.23. The van der Waals surface area contributed by atoms with Gasteiger partial charge in [-0.25, -0.2) is 4.98 Å². The summed E-state index contributed by atoms with van der Waals surface area (Å²) in [4.78, 5) is 4.81. The van der Waals surface area contributed by atoms with E-state index in [2.05, 4.69) is 46.9 Å². The van der Waals surface area contributed by atoms with Gasteiger partial charge in [0.15, 0.2) is 0 Å². The maximum atomic E-state index is 5.99. The molecule has 0 aliphatic rings. The van der Waals surface area contributed by atoms with E-state index in [0.29, 0.717) is 0 Å². The van der Waals surface area contributed by atoms with Gasteiger partial charge in [-0.15, -0.1) is 11.3 Å². The minimum absolute atomic E-state index is 0.119. The minimum atomic E-state index is -0.178. The molecule has 2 nitrogen and oxygen atoms in total. The Labute approximate surface area is 109 Å². The number of hydrogen-bond acceptors (Lipinski definition) is 3. The number of thiazole rings is 1. The van der Waals surface area contributed by atoms with Crippen molar-refractivity contribution < 1.29 is 4.74 Å². The Hall–Kier alpha value is -0.410. The molecule has 0 radical (unpaired) electrons. The van der Waals surface area contributed by atoms with Crippen molar-refractivity contribution in [2.75, 3.05) is 6.61 Å². The van der Waals surface area contributed by atoms with Gasteiger partial charge in [-0.3, -0.25) is 0 Å². The van der Waals surface area contributed by atoms with Crippen LogP contribution < -0.4 is 0 Å².